The summed E-state index contributed by atoms with van der Waals surface area (Å²) in [7, 11) is 0. The Labute approximate surface area is 122 Å². The van der Waals surface area contributed by atoms with Gasteiger partial charge in [0, 0.05) is 17.8 Å². The van der Waals surface area contributed by atoms with Gasteiger partial charge in [0.25, 0.3) is 0 Å². The molecule has 0 spiro atoms. The SMILES string of the molecule is CCCNC(CC1=CCCCC1)c1c(C)ccnc1N. The van der Waals surface area contributed by atoms with E-state index in [-0.39, 0.29) is 0 Å². The molecular weight excluding hydrogens is 246 g/mol. The molecule has 1 atom stereocenters. The summed E-state index contributed by atoms with van der Waals surface area (Å²) >= 11 is 0. The lowest BCUT2D eigenvalue weighted by molar-refractivity contribution is 0.510. The van der Waals surface area contributed by atoms with Crippen molar-refractivity contribution in [2.45, 2.75) is 58.4 Å². The summed E-state index contributed by atoms with van der Waals surface area (Å²) < 4.78 is 0. The molecule has 3 nitrogen and oxygen atoms in total. The van der Waals surface area contributed by atoms with Crippen molar-refractivity contribution in [3.63, 3.8) is 0 Å². The van der Waals surface area contributed by atoms with Gasteiger partial charge in [0.05, 0.1) is 0 Å². The summed E-state index contributed by atoms with van der Waals surface area (Å²) in [6, 6.07) is 2.36. The van der Waals surface area contributed by atoms with Gasteiger partial charge in [-0.1, -0.05) is 18.6 Å². The average Bonchev–Trinajstić information content (AvgIpc) is 2.45. The van der Waals surface area contributed by atoms with E-state index in [4.69, 9.17) is 5.73 Å². The van der Waals surface area contributed by atoms with E-state index < -0.39 is 0 Å². The lowest BCUT2D eigenvalue weighted by Gasteiger charge is -2.24. The summed E-state index contributed by atoms with van der Waals surface area (Å²) in [5.74, 6) is 0.676. The molecule has 3 N–H and O–H groups in total. The maximum absolute atomic E-state index is 6.13. The predicted octanol–water partition coefficient (Wildman–Crippen LogP) is 3.90. The van der Waals surface area contributed by atoms with Crippen molar-refractivity contribution < 1.29 is 0 Å². The van der Waals surface area contributed by atoms with Crippen molar-refractivity contribution in [1.82, 2.24) is 10.3 Å². The molecule has 1 aliphatic rings. The fraction of sp³-hybridized carbons (Fsp3) is 0.588. The Balaban J connectivity index is 2.20. The molecule has 1 aliphatic carbocycles. The second-order valence-corrected chi connectivity index (χ2v) is 5.75. The predicted molar refractivity (Wildman–Crippen MR) is 85.6 cm³/mol. The fourth-order valence-corrected chi connectivity index (χ4v) is 2.99. The number of pyridine rings is 1. The smallest absolute Gasteiger partial charge is 0.128 e. The van der Waals surface area contributed by atoms with E-state index in [2.05, 4.69) is 36.3 Å². The fourth-order valence-electron chi connectivity index (χ4n) is 2.99. The monoisotopic (exact) mass is 273 g/mol. The lowest BCUT2D eigenvalue weighted by atomic mass is 9.90. The quantitative estimate of drug-likeness (QED) is 0.773. The number of aryl methyl sites for hydroxylation is 1. The van der Waals surface area contributed by atoms with E-state index >= 15 is 0 Å². The number of nitrogens with two attached hydrogens (primary N) is 1. The first-order valence-corrected chi connectivity index (χ1v) is 7.84. The number of anilines is 1. The zero-order chi connectivity index (χ0) is 14.4. The minimum absolute atomic E-state index is 0.299. The Kier molecular flexibility index (Phi) is 5.60. The van der Waals surface area contributed by atoms with Crippen molar-refractivity contribution in [3.8, 4) is 0 Å². The number of rotatable bonds is 6. The first kappa shape index (κ1) is 15.0. The van der Waals surface area contributed by atoms with Gasteiger partial charge >= 0.3 is 0 Å². The number of hydrogen-bond acceptors (Lipinski definition) is 3. The van der Waals surface area contributed by atoms with Gasteiger partial charge in [-0.25, -0.2) is 4.98 Å². The van der Waals surface area contributed by atoms with Crippen molar-refractivity contribution in [2.75, 3.05) is 12.3 Å². The second-order valence-electron chi connectivity index (χ2n) is 5.75. The summed E-state index contributed by atoms with van der Waals surface area (Å²) in [6.45, 7) is 5.35. The van der Waals surface area contributed by atoms with E-state index in [1.54, 1.807) is 11.8 Å². The van der Waals surface area contributed by atoms with E-state index in [9.17, 15) is 0 Å². The topological polar surface area (TPSA) is 50.9 Å². The zero-order valence-corrected chi connectivity index (χ0v) is 12.8. The standard InChI is InChI=1S/C17H27N3/c1-3-10-19-15(12-14-7-5-4-6-8-14)16-13(2)9-11-20-17(16)18/h7,9,11,15,19H,3-6,8,10,12H2,1-2H3,(H2,18,20). The molecule has 0 aromatic carbocycles. The lowest BCUT2D eigenvalue weighted by Crippen LogP contribution is -2.25. The van der Waals surface area contributed by atoms with Crippen LogP contribution in [-0.4, -0.2) is 11.5 Å². The summed E-state index contributed by atoms with van der Waals surface area (Å²) in [5, 5.41) is 3.65. The van der Waals surface area contributed by atoms with Gasteiger partial charge in [0.15, 0.2) is 0 Å². The van der Waals surface area contributed by atoms with Crippen LogP contribution >= 0.6 is 0 Å². The van der Waals surface area contributed by atoms with Crippen LogP contribution in [0.3, 0.4) is 0 Å². The maximum atomic E-state index is 6.13. The summed E-state index contributed by atoms with van der Waals surface area (Å²) in [4.78, 5) is 4.28. The highest BCUT2D eigenvalue weighted by Gasteiger charge is 2.19. The van der Waals surface area contributed by atoms with Crippen LogP contribution in [-0.2, 0) is 0 Å². The van der Waals surface area contributed by atoms with Gasteiger partial charge in [-0.3, -0.25) is 0 Å². The van der Waals surface area contributed by atoms with Gasteiger partial charge in [-0.05, 0) is 63.6 Å². The zero-order valence-electron chi connectivity index (χ0n) is 12.8. The van der Waals surface area contributed by atoms with Crippen LogP contribution in [0, 0.1) is 6.92 Å². The van der Waals surface area contributed by atoms with Crippen molar-refractivity contribution in [3.05, 3.63) is 35.0 Å². The van der Waals surface area contributed by atoms with Crippen LogP contribution in [0.25, 0.3) is 0 Å². The maximum Gasteiger partial charge on any atom is 0.128 e. The molecule has 0 aliphatic heterocycles. The largest absolute Gasteiger partial charge is 0.383 e. The van der Waals surface area contributed by atoms with Crippen LogP contribution in [0.1, 0.15) is 62.6 Å². The third-order valence-electron chi connectivity index (χ3n) is 4.08. The van der Waals surface area contributed by atoms with E-state index in [0.29, 0.717) is 11.9 Å². The number of allylic oxidation sites excluding steroid dienone is 1. The third-order valence-corrected chi connectivity index (χ3v) is 4.08. The highest BCUT2D eigenvalue weighted by Crippen LogP contribution is 2.31. The molecule has 1 heterocycles. The molecular formula is C17H27N3. The third kappa shape index (κ3) is 3.83. The van der Waals surface area contributed by atoms with Crippen molar-refractivity contribution in [1.29, 1.82) is 0 Å². The Bertz CT molecular complexity index is 445. The number of nitrogens with one attached hydrogen (secondary N) is 1. The van der Waals surface area contributed by atoms with Gasteiger partial charge in [-0.2, -0.15) is 0 Å². The van der Waals surface area contributed by atoms with Crippen LogP contribution in [0.2, 0.25) is 0 Å². The average molecular weight is 273 g/mol. The summed E-state index contributed by atoms with van der Waals surface area (Å²) in [5.41, 5.74) is 10.1. The van der Waals surface area contributed by atoms with E-state index in [1.807, 2.05) is 0 Å². The van der Waals surface area contributed by atoms with Gasteiger partial charge in [0.1, 0.15) is 5.82 Å². The molecule has 1 aromatic rings. The first-order valence-electron chi connectivity index (χ1n) is 7.84. The molecule has 2 rings (SSSR count). The molecule has 0 amide bonds. The van der Waals surface area contributed by atoms with E-state index in [1.165, 1.54) is 36.8 Å². The summed E-state index contributed by atoms with van der Waals surface area (Å²) in [6.07, 6.45) is 11.6. The highest BCUT2D eigenvalue weighted by molar-refractivity contribution is 5.46. The Hall–Kier alpha value is -1.35. The second kappa shape index (κ2) is 7.44. The van der Waals surface area contributed by atoms with Gasteiger partial charge < -0.3 is 11.1 Å². The van der Waals surface area contributed by atoms with Crippen LogP contribution < -0.4 is 11.1 Å². The molecule has 0 radical (unpaired) electrons. The molecule has 1 aromatic heterocycles. The van der Waals surface area contributed by atoms with Crippen LogP contribution in [0.5, 0.6) is 0 Å². The minimum Gasteiger partial charge on any atom is -0.383 e. The first-order chi connectivity index (χ1) is 9.72. The van der Waals surface area contributed by atoms with Crippen molar-refractivity contribution in [2.24, 2.45) is 0 Å². The van der Waals surface area contributed by atoms with Gasteiger partial charge in [-0.15, -0.1) is 0 Å². The molecule has 20 heavy (non-hydrogen) atoms. The Morgan fingerprint density at radius 3 is 2.90 bits per heavy atom. The Morgan fingerprint density at radius 2 is 2.25 bits per heavy atom. The number of aromatic nitrogens is 1. The normalized spacial score (nSPS) is 16.8. The van der Waals surface area contributed by atoms with Crippen molar-refractivity contribution >= 4 is 5.82 Å². The van der Waals surface area contributed by atoms with E-state index in [0.717, 1.165) is 19.4 Å². The van der Waals surface area contributed by atoms with Gasteiger partial charge in [0.2, 0.25) is 0 Å². The minimum atomic E-state index is 0.299. The molecule has 0 bridgehead atoms. The molecule has 3 heteroatoms. The number of hydrogen-bond donors (Lipinski definition) is 2. The Morgan fingerprint density at radius 1 is 1.40 bits per heavy atom. The number of nitrogen functional groups attached to an aromatic ring is 1. The molecule has 1 unspecified atom stereocenters. The van der Waals surface area contributed by atoms with Crippen LogP contribution in [0.15, 0.2) is 23.9 Å². The molecule has 0 saturated carbocycles. The highest BCUT2D eigenvalue weighted by atomic mass is 14.9. The molecule has 0 fully saturated rings. The molecule has 110 valence electrons. The number of nitrogens with zero attached hydrogens (tertiary/aromatic N) is 1. The van der Waals surface area contributed by atoms with Crippen LogP contribution in [0.4, 0.5) is 5.82 Å². The molecule has 0 saturated heterocycles.